The number of carbonyl (C=O) groups excluding carboxylic acids is 2. The van der Waals surface area contributed by atoms with E-state index in [-0.39, 0.29) is 17.2 Å². The molecule has 2 unspecified atom stereocenters. The van der Waals surface area contributed by atoms with Gasteiger partial charge in [-0.05, 0) is 85.5 Å². The minimum Gasteiger partial charge on any atom is -0.322 e. The maximum absolute atomic E-state index is 13.1. The predicted octanol–water partition coefficient (Wildman–Crippen LogP) is 7.28. The normalized spacial score (nSPS) is 15.8. The second kappa shape index (κ2) is 11.1. The van der Waals surface area contributed by atoms with E-state index < -0.39 is 11.1 Å². The van der Waals surface area contributed by atoms with Gasteiger partial charge in [-0.1, -0.05) is 26.8 Å². The Bertz CT molecular complexity index is 1350. The van der Waals surface area contributed by atoms with Gasteiger partial charge in [0.15, 0.2) is 0 Å². The first-order chi connectivity index (χ1) is 17.5. The quantitative estimate of drug-likeness (QED) is 0.325. The van der Waals surface area contributed by atoms with E-state index in [0.29, 0.717) is 27.7 Å². The van der Waals surface area contributed by atoms with Crippen molar-refractivity contribution in [2.45, 2.75) is 57.1 Å². The first-order valence-electron chi connectivity index (χ1n) is 12.2. The van der Waals surface area contributed by atoms with E-state index in [1.165, 1.54) is 52.2 Å². The molecule has 0 saturated carbocycles. The van der Waals surface area contributed by atoms with Crippen LogP contribution in [0, 0.1) is 28.5 Å². The summed E-state index contributed by atoms with van der Waals surface area (Å²) in [6.07, 6.45) is 2.86. The summed E-state index contributed by atoms with van der Waals surface area (Å²) in [6, 6.07) is 14.9. The third kappa shape index (κ3) is 6.41. The molecular weight excluding hydrogens is 505 g/mol. The van der Waals surface area contributed by atoms with Crippen LogP contribution in [0.2, 0.25) is 0 Å². The zero-order chi connectivity index (χ0) is 26.7. The molecule has 0 aliphatic heterocycles. The standard InChI is InChI=1S/C29H30FN3O2S2/c1-17(36-22-7-5-6-21(15-22)32-27(35)18-8-11-20(30)12-9-18)26(34)33-28-24(16-31)23-13-10-19(29(2,3)4)14-25(23)37-28/h5-9,11-12,15,17,19H,10,13-14H2,1-4H3,(H,32,35)(H,33,34). The van der Waals surface area contributed by atoms with E-state index >= 15 is 0 Å². The lowest BCUT2D eigenvalue weighted by atomic mass is 9.72. The number of fused-ring (bicyclic) bond motifs is 1. The molecule has 5 nitrogen and oxygen atoms in total. The Hall–Kier alpha value is -3.15. The highest BCUT2D eigenvalue weighted by Gasteiger charge is 2.32. The second-order valence-electron chi connectivity index (χ2n) is 10.4. The van der Waals surface area contributed by atoms with Gasteiger partial charge in [0, 0.05) is 21.0 Å². The molecule has 4 rings (SSSR count). The summed E-state index contributed by atoms with van der Waals surface area (Å²) in [6.45, 7) is 8.59. The van der Waals surface area contributed by atoms with Crippen LogP contribution in [-0.2, 0) is 17.6 Å². The molecule has 3 aromatic rings. The summed E-state index contributed by atoms with van der Waals surface area (Å²) in [4.78, 5) is 27.6. The maximum Gasteiger partial charge on any atom is 0.255 e. The van der Waals surface area contributed by atoms with Crippen LogP contribution >= 0.6 is 23.1 Å². The highest BCUT2D eigenvalue weighted by Crippen LogP contribution is 2.44. The van der Waals surface area contributed by atoms with Gasteiger partial charge in [-0.25, -0.2) is 4.39 Å². The number of nitrogens with zero attached hydrogens (tertiary/aromatic N) is 1. The van der Waals surface area contributed by atoms with Gasteiger partial charge in [-0.3, -0.25) is 9.59 Å². The zero-order valence-electron chi connectivity index (χ0n) is 21.4. The van der Waals surface area contributed by atoms with Gasteiger partial charge in [-0.2, -0.15) is 5.26 Å². The molecule has 1 aromatic heterocycles. The SMILES string of the molecule is CC(Sc1cccc(NC(=O)c2ccc(F)cc2)c1)C(=O)Nc1sc2c(c1C#N)CCC(C(C)(C)C)C2. The van der Waals surface area contributed by atoms with E-state index in [0.717, 1.165) is 29.7 Å². The molecule has 192 valence electrons. The van der Waals surface area contributed by atoms with Crippen LogP contribution < -0.4 is 10.6 Å². The summed E-state index contributed by atoms with van der Waals surface area (Å²) in [7, 11) is 0. The number of amides is 2. The van der Waals surface area contributed by atoms with Gasteiger partial charge in [-0.15, -0.1) is 23.1 Å². The molecule has 1 heterocycles. The van der Waals surface area contributed by atoms with Crippen molar-refractivity contribution in [2.24, 2.45) is 11.3 Å². The molecule has 0 spiro atoms. The smallest absolute Gasteiger partial charge is 0.255 e. The largest absolute Gasteiger partial charge is 0.322 e. The molecule has 8 heteroatoms. The van der Waals surface area contributed by atoms with Crippen LogP contribution in [0.1, 0.15) is 60.5 Å². The fraction of sp³-hybridized carbons (Fsp3) is 0.345. The third-order valence-corrected chi connectivity index (χ3v) is 8.98. The van der Waals surface area contributed by atoms with Gasteiger partial charge in [0.1, 0.15) is 16.9 Å². The van der Waals surface area contributed by atoms with Crippen LogP contribution in [0.15, 0.2) is 53.4 Å². The lowest BCUT2D eigenvalue weighted by Gasteiger charge is -2.33. The van der Waals surface area contributed by atoms with Crippen molar-refractivity contribution in [3.8, 4) is 6.07 Å². The molecular formula is C29H30FN3O2S2. The number of rotatable bonds is 6. The molecule has 0 radical (unpaired) electrons. The Balaban J connectivity index is 1.41. The van der Waals surface area contributed by atoms with Crippen LogP contribution in [0.25, 0.3) is 0 Å². The molecule has 0 bridgehead atoms. The minimum absolute atomic E-state index is 0.173. The highest BCUT2D eigenvalue weighted by atomic mass is 32.2. The van der Waals surface area contributed by atoms with Crippen molar-refractivity contribution in [1.82, 2.24) is 0 Å². The number of thioether (sulfide) groups is 1. The number of anilines is 2. The number of thiophene rings is 1. The third-order valence-electron chi connectivity index (χ3n) is 6.72. The zero-order valence-corrected chi connectivity index (χ0v) is 23.0. The van der Waals surface area contributed by atoms with Crippen molar-refractivity contribution < 1.29 is 14.0 Å². The van der Waals surface area contributed by atoms with Crippen LogP contribution in [-0.4, -0.2) is 17.1 Å². The van der Waals surface area contributed by atoms with Gasteiger partial charge < -0.3 is 10.6 Å². The van der Waals surface area contributed by atoms with Crippen molar-refractivity contribution in [2.75, 3.05) is 10.6 Å². The molecule has 2 aromatic carbocycles. The lowest BCUT2D eigenvalue weighted by Crippen LogP contribution is -2.26. The number of hydrogen-bond donors (Lipinski definition) is 2. The molecule has 2 atom stereocenters. The molecule has 0 saturated heterocycles. The van der Waals surface area contributed by atoms with Crippen molar-refractivity contribution in [3.05, 3.63) is 75.9 Å². The average molecular weight is 536 g/mol. The Kier molecular flexibility index (Phi) is 8.05. The number of nitriles is 1. The van der Waals surface area contributed by atoms with E-state index in [1.807, 2.05) is 13.0 Å². The summed E-state index contributed by atoms with van der Waals surface area (Å²) in [5.74, 6) is -0.361. The Labute approximate surface area is 225 Å². The highest BCUT2D eigenvalue weighted by molar-refractivity contribution is 8.00. The van der Waals surface area contributed by atoms with E-state index in [9.17, 15) is 19.2 Å². The number of halogens is 1. The second-order valence-corrected chi connectivity index (χ2v) is 12.9. The summed E-state index contributed by atoms with van der Waals surface area (Å²) in [5, 5.41) is 15.8. The van der Waals surface area contributed by atoms with E-state index in [1.54, 1.807) is 18.2 Å². The molecule has 2 amide bonds. The van der Waals surface area contributed by atoms with Gasteiger partial charge in [0.25, 0.3) is 5.91 Å². The van der Waals surface area contributed by atoms with Crippen LogP contribution in [0.5, 0.6) is 0 Å². The first kappa shape index (κ1) is 26.9. The molecule has 2 N–H and O–H groups in total. The topological polar surface area (TPSA) is 82.0 Å². The Morgan fingerprint density at radius 1 is 1.16 bits per heavy atom. The fourth-order valence-corrected chi connectivity index (χ4v) is 6.66. The number of benzene rings is 2. The van der Waals surface area contributed by atoms with Crippen molar-refractivity contribution >= 4 is 45.6 Å². The number of hydrogen-bond acceptors (Lipinski definition) is 5. The summed E-state index contributed by atoms with van der Waals surface area (Å²) >= 11 is 2.90. The van der Waals surface area contributed by atoms with Gasteiger partial charge in [0.2, 0.25) is 5.91 Å². The minimum atomic E-state index is -0.420. The van der Waals surface area contributed by atoms with Crippen LogP contribution in [0.3, 0.4) is 0 Å². The van der Waals surface area contributed by atoms with Gasteiger partial charge >= 0.3 is 0 Å². The molecule has 0 fully saturated rings. The summed E-state index contributed by atoms with van der Waals surface area (Å²) < 4.78 is 13.1. The van der Waals surface area contributed by atoms with E-state index in [4.69, 9.17) is 0 Å². The predicted molar refractivity (Wildman–Crippen MR) is 149 cm³/mol. The average Bonchev–Trinajstić information content (AvgIpc) is 3.20. The van der Waals surface area contributed by atoms with Gasteiger partial charge in [0.05, 0.1) is 10.8 Å². The summed E-state index contributed by atoms with van der Waals surface area (Å²) in [5.41, 5.74) is 2.83. The number of nitrogens with one attached hydrogen (secondary N) is 2. The monoisotopic (exact) mass is 535 g/mol. The first-order valence-corrected chi connectivity index (χ1v) is 13.9. The maximum atomic E-state index is 13.1. The van der Waals surface area contributed by atoms with Crippen molar-refractivity contribution in [3.63, 3.8) is 0 Å². The fourth-order valence-electron chi connectivity index (χ4n) is 4.45. The van der Waals surface area contributed by atoms with E-state index in [2.05, 4.69) is 37.5 Å². The Morgan fingerprint density at radius 3 is 2.57 bits per heavy atom. The van der Waals surface area contributed by atoms with Crippen molar-refractivity contribution in [1.29, 1.82) is 5.26 Å². The van der Waals surface area contributed by atoms with Crippen LogP contribution in [0.4, 0.5) is 15.1 Å². The molecule has 1 aliphatic carbocycles. The Morgan fingerprint density at radius 2 is 1.89 bits per heavy atom. The number of carbonyl (C=O) groups is 2. The lowest BCUT2D eigenvalue weighted by molar-refractivity contribution is -0.115. The molecule has 1 aliphatic rings. The molecule has 37 heavy (non-hydrogen) atoms.